The zero-order valence-corrected chi connectivity index (χ0v) is 11.5. The van der Waals surface area contributed by atoms with Gasteiger partial charge in [0.25, 0.3) is 0 Å². The quantitative estimate of drug-likeness (QED) is 0.716. The number of methoxy groups -OCH3 is 1. The summed E-state index contributed by atoms with van der Waals surface area (Å²) < 4.78 is 11.4. The maximum atomic E-state index is 8.53. The van der Waals surface area contributed by atoms with E-state index in [-0.39, 0.29) is 6.61 Å². The zero-order valence-electron chi connectivity index (χ0n) is 9.91. The minimum atomic E-state index is 0.0709. The van der Waals surface area contributed by atoms with Crippen molar-refractivity contribution in [2.45, 2.75) is 6.54 Å². The third-order valence-electron chi connectivity index (χ3n) is 2.23. The van der Waals surface area contributed by atoms with Gasteiger partial charge in [0.1, 0.15) is 5.75 Å². The summed E-state index contributed by atoms with van der Waals surface area (Å²) in [7, 11) is 1.66. The van der Waals surface area contributed by atoms with Crippen LogP contribution in [0.1, 0.15) is 5.56 Å². The van der Waals surface area contributed by atoms with E-state index in [0.29, 0.717) is 13.2 Å². The predicted molar refractivity (Wildman–Crippen MR) is 70.3 cm³/mol. The average molecular weight is 304 g/mol. The van der Waals surface area contributed by atoms with E-state index in [1.165, 1.54) is 0 Å². The summed E-state index contributed by atoms with van der Waals surface area (Å²) in [6.45, 7) is 2.57. The minimum Gasteiger partial charge on any atom is -0.497 e. The molecule has 0 saturated heterocycles. The Labute approximate surface area is 110 Å². The summed E-state index contributed by atoms with van der Waals surface area (Å²) in [6, 6.07) is 5.88. The molecule has 0 heterocycles. The number of hydrogen-bond donors (Lipinski definition) is 2. The lowest BCUT2D eigenvalue weighted by atomic mass is 10.2. The lowest BCUT2D eigenvalue weighted by molar-refractivity contribution is 0.0938. The van der Waals surface area contributed by atoms with Gasteiger partial charge in [-0.25, -0.2) is 0 Å². The van der Waals surface area contributed by atoms with Crippen LogP contribution < -0.4 is 10.1 Å². The Morgan fingerprint density at radius 3 is 2.88 bits per heavy atom. The molecule has 0 amide bonds. The van der Waals surface area contributed by atoms with Gasteiger partial charge in [-0.2, -0.15) is 0 Å². The van der Waals surface area contributed by atoms with E-state index in [1.54, 1.807) is 7.11 Å². The normalized spacial score (nSPS) is 10.5. The van der Waals surface area contributed by atoms with Gasteiger partial charge in [-0.15, -0.1) is 0 Å². The molecule has 0 atom stereocenters. The molecule has 0 radical (unpaired) electrons. The highest BCUT2D eigenvalue weighted by atomic mass is 79.9. The molecular weight excluding hydrogens is 286 g/mol. The number of ether oxygens (including phenoxy) is 2. The fourth-order valence-corrected chi connectivity index (χ4v) is 1.73. The van der Waals surface area contributed by atoms with Crippen LogP contribution >= 0.6 is 15.9 Å². The monoisotopic (exact) mass is 303 g/mol. The van der Waals surface area contributed by atoms with Crippen LogP contribution in [0.4, 0.5) is 0 Å². The first kappa shape index (κ1) is 14.4. The number of benzene rings is 1. The van der Waals surface area contributed by atoms with Crippen molar-refractivity contribution in [2.75, 3.05) is 33.5 Å². The van der Waals surface area contributed by atoms with Crippen LogP contribution in [0.2, 0.25) is 0 Å². The van der Waals surface area contributed by atoms with Gasteiger partial charge >= 0.3 is 0 Å². The van der Waals surface area contributed by atoms with Crippen molar-refractivity contribution >= 4 is 15.9 Å². The number of aliphatic hydroxyl groups is 1. The second-order valence-corrected chi connectivity index (χ2v) is 4.32. The molecule has 0 aromatic heterocycles. The van der Waals surface area contributed by atoms with Crippen LogP contribution in [0.25, 0.3) is 0 Å². The number of aliphatic hydroxyl groups excluding tert-OH is 1. The van der Waals surface area contributed by atoms with Gasteiger partial charge in [-0.3, -0.25) is 0 Å². The summed E-state index contributed by atoms with van der Waals surface area (Å²) in [5, 5.41) is 11.8. The van der Waals surface area contributed by atoms with Crippen molar-refractivity contribution in [3.8, 4) is 5.75 Å². The molecule has 0 spiro atoms. The van der Waals surface area contributed by atoms with Crippen LogP contribution in [0.15, 0.2) is 22.7 Å². The number of halogens is 1. The van der Waals surface area contributed by atoms with E-state index in [1.807, 2.05) is 18.2 Å². The summed E-state index contributed by atoms with van der Waals surface area (Å²) in [5.74, 6) is 0.849. The molecule has 0 bridgehead atoms. The number of hydrogen-bond acceptors (Lipinski definition) is 4. The standard InChI is InChI=1S/C12H18BrNO3/c1-16-11-2-3-12(13)10(8-11)9-14-4-6-17-7-5-15/h2-3,8,14-15H,4-7,9H2,1H3. The average Bonchev–Trinajstić information content (AvgIpc) is 2.35. The van der Waals surface area contributed by atoms with Crippen LogP contribution in [0.5, 0.6) is 5.75 Å². The highest BCUT2D eigenvalue weighted by molar-refractivity contribution is 9.10. The van der Waals surface area contributed by atoms with E-state index in [4.69, 9.17) is 14.6 Å². The largest absolute Gasteiger partial charge is 0.497 e. The SMILES string of the molecule is COc1ccc(Br)c(CNCCOCCO)c1. The Morgan fingerprint density at radius 1 is 1.35 bits per heavy atom. The highest BCUT2D eigenvalue weighted by Crippen LogP contribution is 2.22. The van der Waals surface area contributed by atoms with Crippen LogP contribution in [0, 0.1) is 0 Å². The van der Waals surface area contributed by atoms with Gasteiger partial charge in [0.15, 0.2) is 0 Å². The number of nitrogens with one attached hydrogen (secondary N) is 1. The third kappa shape index (κ3) is 5.50. The van der Waals surface area contributed by atoms with Gasteiger partial charge in [0.05, 0.1) is 26.9 Å². The van der Waals surface area contributed by atoms with Crippen LogP contribution in [-0.2, 0) is 11.3 Å². The lowest BCUT2D eigenvalue weighted by Gasteiger charge is -2.09. The van der Waals surface area contributed by atoms with E-state index >= 15 is 0 Å². The second kappa shape index (κ2) is 8.47. The summed E-state index contributed by atoms with van der Waals surface area (Å²) in [5.41, 5.74) is 1.14. The molecule has 1 aromatic rings. The molecule has 0 aliphatic heterocycles. The summed E-state index contributed by atoms with van der Waals surface area (Å²) in [6.07, 6.45) is 0. The fourth-order valence-electron chi connectivity index (χ4n) is 1.35. The number of rotatable bonds is 8. The molecule has 1 aromatic carbocycles. The summed E-state index contributed by atoms with van der Waals surface area (Å²) in [4.78, 5) is 0. The summed E-state index contributed by atoms with van der Waals surface area (Å²) >= 11 is 3.49. The Balaban J connectivity index is 2.30. The van der Waals surface area contributed by atoms with E-state index in [9.17, 15) is 0 Å². The lowest BCUT2D eigenvalue weighted by Crippen LogP contribution is -2.20. The minimum absolute atomic E-state index is 0.0709. The van der Waals surface area contributed by atoms with Crippen molar-refractivity contribution < 1.29 is 14.6 Å². The first-order chi connectivity index (χ1) is 8.27. The maximum absolute atomic E-state index is 8.53. The third-order valence-corrected chi connectivity index (χ3v) is 3.00. The molecule has 0 unspecified atom stereocenters. The van der Waals surface area contributed by atoms with Gasteiger partial charge in [-0.05, 0) is 23.8 Å². The van der Waals surface area contributed by atoms with E-state index < -0.39 is 0 Å². The Hall–Kier alpha value is -0.620. The van der Waals surface area contributed by atoms with Gasteiger partial charge < -0.3 is 19.9 Å². The molecule has 0 saturated carbocycles. The van der Waals surface area contributed by atoms with Crippen molar-refractivity contribution in [3.05, 3.63) is 28.2 Å². The highest BCUT2D eigenvalue weighted by Gasteiger charge is 2.01. The predicted octanol–water partition coefficient (Wildman–Crippen LogP) is 1.56. The Morgan fingerprint density at radius 2 is 2.18 bits per heavy atom. The van der Waals surface area contributed by atoms with Crippen molar-refractivity contribution in [2.24, 2.45) is 0 Å². The Kier molecular flexibility index (Phi) is 7.19. The molecule has 0 fully saturated rings. The van der Waals surface area contributed by atoms with Crippen LogP contribution in [-0.4, -0.2) is 38.6 Å². The molecule has 1 rings (SSSR count). The first-order valence-electron chi connectivity index (χ1n) is 5.49. The molecule has 17 heavy (non-hydrogen) atoms. The molecule has 2 N–H and O–H groups in total. The zero-order chi connectivity index (χ0) is 12.5. The molecular formula is C12H18BrNO3. The van der Waals surface area contributed by atoms with Crippen LogP contribution in [0.3, 0.4) is 0 Å². The molecule has 5 heteroatoms. The van der Waals surface area contributed by atoms with Crippen molar-refractivity contribution in [1.29, 1.82) is 0 Å². The second-order valence-electron chi connectivity index (χ2n) is 3.47. The van der Waals surface area contributed by atoms with Crippen molar-refractivity contribution in [3.63, 3.8) is 0 Å². The molecule has 96 valence electrons. The fraction of sp³-hybridized carbons (Fsp3) is 0.500. The van der Waals surface area contributed by atoms with Gasteiger partial charge in [0.2, 0.25) is 0 Å². The molecule has 0 aliphatic rings. The van der Waals surface area contributed by atoms with Gasteiger partial charge in [-0.1, -0.05) is 15.9 Å². The Bertz CT molecular complexity index is 334. The smallest absolute Gasteiger partial charge is 0.119 e. The van der Waals surface area contributed by atoms with Gasteiger partial charge in [0, 0.05) is 17.6 Å². The first-order valence-corrected chi connectivity index (χ1v) is 6.29. The molecule has 0 aliphatic carbocycles. The maximum Gasteiger partial charge on any atom is 0.119 e. The van der Waals surface area contributed by atoms with Crippen molar-refractivity contribution in [1.82, 2.24) is 5.32 Å². The topological polar surface area (TPSA) is 50.7 Å². The van der Waals surface area contributed by atoms with E-state index in [0.717, 1.165) is 28.9 Å². The van der Waals surface area contributed by atoms with E-state index in [2.05, 4.69) is 21.2 Å². The molecule has 4 nitrogen and oxygen atoms in total.